The molecule has 7 heteroatoms. The molecule has 0 spiro atoms. The lowest BCUT2D eigenvalue weighted by atomic mass is 9.96. The average molecular weight is 325 g/mol. The number of aromatic amines is 1. The predicted molar refractivity (Wildman–Crippen MR) is 82.5 cm³/mol. The van der Waals surface area contributed by atoms with Gasteiger partial charge in [-0.1, -0.05) is 0 Å². The highest BCUT2D eigenvalue weighted by atomic mass is 35.5. The van der Waals surface area contributed by atoms with Gasteiger partial charge in [0, 0.05) is 24.3 Å². The minimum atomic E-state index is 0.0262. The van der Waals surface area contributed by atoms with E-state index in [0.717, 1.165) is 6.42 Å². The highest BCUT2D eigenvalue weighted by Gasteiger charge is 2.15. The van der Waals surface area contributed by atoms with Crippen LogP contribution >= 0.6 is 22.9 Å². The zero-order valence-corrected chi connectivity index (χ0v) is 13.2. The zero-order valence-electron chi connectivity index (χ0n) is 11.6. The van der Waals surface area contributed by atoms with Gasteiger partial charge in [0.25, 0.3) is 0 Å². The quantitative estimate of drug-likeness (QED) is 0.888. The van der Waals surface area contributed by atoms with E-state index in [1.54, 1.807) is 0 Å². The number of fused-ring (bicyclic) bond motifs is 1. The van der Waals surface area contributed by atoms with Crippen molar-refractivity contribution in [3.05, 3.63) is 32.5 Å². The summed E-state index contributed by atoms with van der Waals surface area (Å²) < 4.78 is 0. The maximum absolute atomic E-state index is 11.9. The summed E-state index contributed by atoms with van der Waals surface area (Å²) in [6, 6.07) is 0. The second kappa shape index (κ2) is 6.58. The van der Waals surface area contributed by atoms with Gasteiger partial charge in [-0.3, -0.25) is 9.89 Å². The van der Waals surface area contributed by atoms with Gasteiger partial charge in [0.15, 0.2) is 0 Å². The smallest absolute Gasteiger partial charge is 0.242 e. The van der Waals surface area contributed by atoms with E-state index in [1.807, 2.05) is 11.3 Å². The van der Waals surface area contributed by atoms with Gasteiger partial charge in [-0.15, -0.1) is 16.4 Å². The number of aryl methyl sites for hydroxylation is 2. The number of hydrogen-bond acceptors (Lipinski definition) is 4. The Balaban J connectivity index is 1.48. The van der Waals surface area contributed by atoms with E-state index in [0.29, 0.717) is 25.2 Å². The van der Waals surface area contributed by atoms with E-state index in [9.17, 15) is 4.79 Å². The molecule has 0 saturated heterocycles. The molecule has 0 aromatic carbocycles. The number of carbonyl (C=O) groups excluding carboxylic acids is 1. The number of rotatable bonds is 5. The van der Waals surface area contributed by atoms with E-state index in [-0.39, 0.29) is 11.2 Å². The fraction of sp³-hybridized carbons (Fsp3) is 0.500. The van der Waals surface area contributed by atoms with E-state index in [1.165, 1.54) is 35.3 Å². The van der Waals surface area contributed by atoms with Gasteiger partial charge in [0.05, 0.1) is 0 Å². The molecule has 0 bridgehead atoms. The van der Waals surface area contributed by atoms with Crippen LogP contribution in [0.15, 0.2) is 5.38 Å². The third-order valence-corrected chi connectivity index (χ3v) is 5.02. The molecule has 112 valence electrons. The fourth-order valence-electron chi connectivity index (χ4n) is 2.61. The van der Waals surface area contributed by atoms with E-state index >= 15 is 0 Å². The molecule has 21 heavy (non-hydrogen) atoms. The van der Waals surface area contributed by atoms with E-state index < -0.39 is 0 Å². The van der Waals surface area contributed by atoms with Gasteiger partial charge in [-0.05, 0) is 53.8 Å². The Morgan fingerprint density at radius 1 is 1.43 bits per heavy atom. The molecular weight excluding hydrogens is 308 g/mol. The molecule has 0 fully saturated rings. The van der Waals surface area contributed by atoms with Crippen LogP contribution < -0.4 is 5.32 Å². The van der Waals surface area contributed by atoms with Crippen molar-refractivity contribution in [1.29, 1.82) is 0 Å². The molecule has 0 atom stereocenters. The maximum Gasteiger partial charge on any atom is 0.242 e. The summed E-state index contributed by atoms with van der Waals surface area (Å²) in [6.07, 6.45) is 5.81. The zero-order chi connectivity index (χ0) is 14.7. The van der Waals surface area contributed by atoms with Crippen LogP contribution in [-0.4, -0.2) is 21.1 Å². The minimum Gasteiger partial charge on any atom is -0.352 e. The van der Waals surface area contributed by atoms with Crippen LogP contribution in [0.3, 0.4) is 0 Å². The number of hydrogen-bond donors (Lipinski definition) is 2. The Morgan fingerprint density at radius 2 is 2.29 bits per heavy atom. The van der Waals surface area contributed by atoms with Crippen molar-refractivity contribution >= 4 is 28.8 Å². The second-order valence-corrected chi connectivity index (χ2v) is 6.50. The Labute approximate surface area is 132 Å². The number of amides is 1. The fourth-order valence-corrected chi connectivity index (χ4v) is 3.90. The monoisotopic (exact) mass is 324 g/mol. The van der Waals surface area contributed by atoms with Crippen molar-refractivity contribution in [3.8, 4) is 0 Å². The summed E-state index contributed by atoms with van der Waals surface area (Å²) in [5.74, 6) is 0.668. The third-order valence-electron chi connectivity index (χ3n) is 3.72. The molecule has 0 aliphatic heterocycles. The highest BCUT2D eigenvalue weighted by molar-refractivity contribution is 7.10. The van der Waals surface area contributed by atoms with Crippen molar-refractivity contribution in [2.75, 3.05) is 0 Å². The Kier molecular flexibility index (Phi) is 4.55. The third kappa shape index (κ3) is 3.63. The van der Waals surface area contributed by atoms with Gasteiger partial charge in [0.2, 0.25) is 11.2 Å². The molecule has 1 aliphatic carbocycles. The van der Waals surface area contributed by atoms with Crippen LogP contribution in [0.4, 0.5) is 0 Å². The molecule has 0 saturated carbocycles. The molecule has 3 rings (SSSR count). The Hall–Kier alpha value is -1.40. The van der Waals surface area contributed by atoms with Crippen molar-refractivity contribution in [2.45, 2.75) is 45.1 Å². The topological polar surface area (TPSA) is 70.7 Å². The molecule has 2 N–H and O–H groups in total. The molecule has 0 unspecified atom stereocenters. The van der Waals surface area contributed by atoms with Gasteiger partial charge in [-0.25, -0.2) is 4.98 Å². The van der Waals surface area contributed by atoms with Crippen molar-refractivity contribution in [2.24, 2.45) is 0 Å². The first-order chi connectivity index (χ1) is 10.2. The molecule has 2 heterocycles. The van der Waals surface area contributed by atoms with Crippen LogP contribution in [0.1, 0.15) is 41.1 Å². The lowest BCUT2D eigenvalue weighted by Crippen LogP contribution is -2.23. The number of nitrogens with one attached hydrogen (secondary N) is 2. The summed E-state index contributed by atoms with van der Waals surface area (Å²) in [5.41, 5.74) is 2.75. The van der Waals surface area contributed by atoms with Gasteiger partial charge in [-0.2, -0.15) is 0 Å². The lowest BCUT2D eigenvalue weighted by Gasteiger charge is -2.13. The maximum atomic E-state index is 11.9. The number of aromatic nitrogens is 3. The van der Waals surface area contributed by atoms with Crippen molar-refractivity contribution in [3.63, 3.8) is 0 Å². The summed E-state index contributed by atoms with van der Waals surface area (Å²) in [5, 5.41) is 11.8. The molecule has 5 nitrogen and oxygen atoms in total. The molecule has 1 amide bonds. The standard InChI is InChI=1S/C14H17ClN4OS/c15-14-17-12(18-19-14)5-6-13(20)16-7-9-8-21-11-4-2-1-3-10(9)11/h8H,1-7H2,(H,16,20)(H,17,18,19). The van der Waals surface area contributed by atoms with Gasteiger partial charge < -0.3 is 5.32 Å². The van der Waals surface area contributed by atoms with Crippen LogP contribution in [0, 0.1) is 0 Å². The molecule has 1 aliphatic rings. The highest BCUT2D eigenvalue weighted by Crippen LogP contribution is 2.30. The number of thiophene rings is 1. The van der Waals surface area contributed by atoms with Crippen LogP contribution in [0.5, 0.6) is 0 Å². The number of nitrogens with zero attached hydrogens (tertiary/aromatic N) is 2. The second-order valence-electron chi connectivity index (χ2n) is 5.20. The minimum absolute atomic E-state index is 0.0262. The van der Waals surface area contributed by atoms with E-state index in [4.69, 9.17) is 11.6 Å². The Morgan fingerprint density at radius 3 is 3.10 bits per heavy atom. The summed E-state index contributed by atoms with van der Waals surface area (Å²) >= 11 is 7.45. The summed E-state index contributed by atoms with van der Waals surface area (Å²) in [7, 11) is 0. The largest absolute Gasteiger partial charge is 0.352 e. The average Bonchev–Trinajstić information content (AvgIpc) is 3.09. The van der Waals surface area contributed by atoms with Gasteiger partial charge in [0.1, 0.15) is 5.82 Å². The molecule has 2 aromatic rings. The Bertz CT molecular complexity index is 637. The van der Waals surface area contributed by atoms with Gasteiger partial charge >= 0.3 is 0 Å². The molecule has 0 radical (unpaired) electrons. The number of carbonyl (C=O) groups is 1. The first-order valence-corrected chi connectivity index (χ1v) is 8.39. The predicted octanol–water partition coefficient (Wildman–Crippen LogP) is 2.65. The SMILES string of the molecule is O=C(CCc1nc(Cl)n[nH]1)NCc1csc2c1CCCC2. The molecular formula is C14H17ClN4OS. The first-order valence-electron chi connectivity index (χ1n) is 7.14. The van der Waals surface area contributed by atoms with E-state index in [2.05, 4.69) is 25.9 Å². The molecule has 2 aromatic heterocycles. The summed E-state index contributed by atoms with van der Waals surface area (Å²) in [6.45, 7) is 0.627. The first kappa shape index (κ1) is 14.5. The van der Waals surface area contributed by atoms with Crippen LogP contribution in [0.2, 0.25) is 5.28 Å². The van der Waals surface area contributed by atoms with Crippen LogP contribution in [-0.2, 0) is 30.6 Å². The number of H-pyrrole nitrogens is 1. The van der Waals surface area contributed by atoms with Crippen molar-refractivity contribution < 1.29 is 4.79 Å². The lowest BCUT2D eigenvalue weighted by molar-refractivity contribution is -0.121. The number of halogens is 1. The normalized spacial score (nSPS) is 14.0. The van der Waals surface area contributed by atoms with Crippen molar-refractivity contribution in [1.82, 2.24) is 20.5 Å². The van der Waals surface area contributed by atoms with Crippen LogP contribution in [0.25, 0.3) is 0 Å². The summed E-state index contributed by atoms with van der Waals surface area (Å²) in [4.78, 5) is 17.4.